The van der Waals surface area contributed by atoms with Crippen LogP contribution in [0.3, 0.4) is 0 Å². The molecule has 1 unspecified atom stereocenters. The van der Waals surface area contributed by atoms with Crippen LogP contribution in [0.5, 0.6) is 0 Å². The van der Waals surface area contributed by atoms with E-state index in [0.717, 1.165) is 16.5 Å². The second-order valence-electron chi connectivity index (χ2n) is 7.79. The highest BCUT2D eigenvalue weighted by molar-refractivity contribution is 5.89. The predicted octanol–water partition coefficient (Wildman–Crippen LogP) is 5.12. The summed E-state index contributed by atoms with van der Waals surface area (Å²) in [6, 6.07) is 24.8. The van der Waals surface area contributed by atoms with Crippen LogP contribution in [-0.2, 0) is 22.6 Å². The number of fused-ring (bicyclic) bond motifs is 1. The lowest BCUT2D eigenvalue weighted by molar-refractivity contribution is -0.133. The fraction of sp³-hybridized carbons (Fsp3) is 0.192. The molecule has 1 heterocycles. The van der Waals surface area contributed by atoms with Gasteiger partial charge in [0.05, 0.1) is 12.5 Å². The van der Waals surface area contributed by atoms with E-state index in [4.69, 9.17) is 4.52 Å². The van der Waals surface area contributed by atoms with Crippen LogP contribution in [0, 0.1) is 0 Å². The highest BCUT2D eigenvalue weighted by atomic mass is 16.5. The third-order valence-corrected chi connectivity index (χ3v) is 5.44. The Bertz CT molecular complexity index is 1230. The number of nitrogens with zero attached hydrogens (tertiary/aromatic N) is 2. The zero-order valence-corrected chi connectivity index (χ0v) is 18.1. The fourth-order valence-corrected chi connectivity index (χ4v) is 3.79. The molecule has 32 heavy (non-hydrogen) atoms. The molecule has 0 saturated heterocycles. The Morgan fingerprint density at radius 1 is 1.00 bits per heavy atom. The van der Waals surface area contributed by atoms with Crippen LogP contribution >= 0.6 is 0 Å². The largest absolute Gasteiger partial charge is 0.356 e. The van der Waals surface area contributed by atoms with Crippen molar-refractivity contribution < 1.29 is 14.1 Å². The van der Waals surface area contributed by atoms with E-state index < -0.39 is 0 Å². The van der Waals surface area contributed by atoms with E-state index in [-0.39, 0.29) is 24.3 Å². The number of benzene rings is 3. The first-order valence-electron chi connectivity index (χ1n) is 10.6. The molecule has 0 saturated carbocycles. The lowest BCUT2D eigenvalue weighted by Gasteiger charge is -2.30. The monoisotopic (exact) mass is 427 g/mol. The molecule has 0 aliphatic heterocycles. The summed E-state index contributed by atoms with van der Waals surface area (Å²) in [4.78, 5) is 26.8. The zero-order valence-electron chi connectivity index (χ0n) is 18.1. The normalized spacial score (nSPS) is 11.8. The van der Waals surface area contributed by atoms with E-state index in [1.54, 1.807) is 0 Å². The van der Waals surface area contributed by atoms with Gasteiger partial charge in [0.2, 0.25) is 11.8 Å². The van der Waals surface area contributed by atoms with Gasteiger partial charge in [0.1, 0.15) is 5.69 Å². The van der Waals surface area contributed by atoms with Crippen LogP contribution in [-0.4, -0.2) is 21.9 Å². The van der Waals surface area contributed by atoms with Gasteiger partial charge in [-0.15, -0.1) is 0 Å². The van der Waals surface area contributed by atoms with Crippen LogP contribution in [0.4, 0.5) is 5.69 Å². The van der Waals surface area contributed by atoms with Crippen LogP contribution in [0.25, 0.3) is 11.0 Å². The molecule has 2 amide bonds. The Morgan fingerprint density at radius 3 is 2.53 bits per heavy atom. The van der Waals surface area contributed by atoms with E-state index in [1.807, 2.05) is 90.7 Å². The second kappa shape index (κ2) is 9.47. The van der Waals surface area contributed by atoms with Crippen molar-refractivity contribution in [2.45, 2.75) is 32.9 Å². The summed E-state index contributed by atoms with van der Waals surface area (Å²) < 4.78 is 5.38. The fourth-order valence-electron chi connectivity index (χ4n) is 3.79. The number of carbonyl (C=O) groups is 2. The number of rotatable bonds is 7. The highest BCUT2D eigenvalue weighted by Gasteiger charge is 2.24. The second-order valence-corrected chi connectivity index (χ2v) is 7.79. The van der Waals surface area contributed by atoms with Crippen molar-refractivity contribution in [3.63, 3.8) is 0 Å². The lowest BCUT2D eigenvalue weighted by atomic mass is 10.0. The van der Waals surface area contributed by atoms with Gasteiger partial charge in [-0.3, -0.25) is 9.59 Å². The highest BCUT2D eigenvalue weighted by Crippen LogP contribution is 2.27. The molecule has 0 fully saturated rings. The Kier molecular flexibility index (Phi) is 6.31. The van der Waals surface area contributed by atoms with E-state index in [0.29, 0.717) is 23.5 Å². The van der Waals surface area contributed by atoms with Crippen molar-refractivity contribution in [2.75, 3.05) is 5.32 Å². The average molecular weight is 428 g/mol. The van der Waals surface area contributed by atoms with Gasteiger partial charge in [-0.2, -0.15) is 0 Å². The molecule has 0 aliphatic carbocycles. The molecular formula is C26H25N3O3. The van der Waals surface area contributed by atoms with Crippen molar-refractivity contribution in [3.05, 3.63) is 95.7 Å². The first kappa shape index (κ1) is 21.3. The minimum absolute atomic E-state index is 0.0506. The van der Waals surface area contributed by atoms with Crippen LogP contribution in [0.1, 0.15) is 36.7 Å². The van der Waals surface area contributed by atoms with E-state index in [2.05, 4.69) is 10.5 Å². The molecule has 6 nitrogen and oxygen atoms in total. The van der Waals surface area contributed by atoms with Crippen LogP contribution < -0.4 is 5.32 Å². The Hall–Kier alpha value is -3.93. The summed E-state index contributed by atoms with van der Waals surface area (Å²) in [5, 5.41) is 7.79. The van der Waals surface area contributed by atoms with Gasteiger partial charge in [-0.1, -0.05) is 59.8 Å². The first-order valence-corrected chi connectivity index (χ1v) is 10.6. The summed E-state index contributed by atoms with van der Waals surface area (Å²) in [5.41, 5.74) is 3.97. The van der Waals surface area contributed by atoms with Gasteiger partial charge in [0.15, 0.2) is 5.58 Å². The van der Waals surface area contributed by atoms with Gasteiger partial charge in [-0.25, -0.2) is 0 Å². The van der Waals surface area contributed by atoms with Crippen LogP contribution in [0.2, 0.25) is 0 Å². The molecule has 1 aromatic heterocycles. The maximum atomic E-state index is 13.5. The molecule has 1 N–H and O–H groups in total. The van der Waals surface area contributed by atoms with Gasteiger partial charge in [-0.05, 0) is 42.3 Å². The maximum absolute atomic E-state index is 13.5. The molecule has 4 rings (SSSR count). The molecule has 3 aromatic carbocycles. The van der Waals surface area contributed by atoms with Crippen molar-refractivity contribution in [2.24, 2.45) is 0 Å². The molecule has 0 bridgehead atoms. The third kappa shape index (κ3) is 4.86. The lowest BCUT2D eigenvalue weighted by Crippen LogP contribution is -2.34. The Labute approximate surface area is 186 Å². The summed E-state index contributed by atoms with van der Waals surface area (Å²) >= 11 is 0. The van der Waals surface area contributed by atoms with Gasteiger partial charge < -0.3 is 14.7 Å². The maximum Gasteiger partial charge on any atom is 0.229 e. The molecule has 0 radical (unpaired) electrons. The van der Waals surface area contributed by atoms with Crippen molar-refractivity contribution in [1.29, 1.82) is 0 Å². The van der Waals surface area contributed by atoms with Gasteiger partial charge >= 0.3 is 0 Å². The zero-order chi connectivity index (χ0) is 22.5. The molecular weight excluding hydrogens is 402 g/mol. The quantitative estimate of drug-likeness (QED) is 0.444. The predicted molar refractivity (Wildman–Crippen MR) is 124 cm³/mol. The van der Waals surface area contributed by atoms with Gasteiger partial charge in [0, 0.05) is 24.5 Å². The number of amides is 2. The third-order valence-electron chi connectivity index (χ3n) is 5.44. The summed E-state index contributed by atoms with van der Waals surface area (Å²) in [6.07, 6.45) is 0.138. The van der Waals surface area contributed by atoms with E-state index in [9.17, 15) is 9.59 Å². The number of carbonyl (C=O) groups excluding carboxylic acids is 2. The average Bonchev–Trinajstić information content (AvgIpc) is 3.20. The number of anilines is 1. The van der Waals surface area contributed by atoms with Crippen molar-refractivity contribution >= 4 is 28.5 Å². The summed E-state index contributed by atoms with van der Waals surface area (Å²) in [6.45, 7) is 3.93. The molecule has 4 aromatic rings. The van der Waals surface area contributed by atoms with E-state index in [1.165, 1.54) is 6.92 Å². The number of aromatic nitrogens is 1. The molecule has 1 atom stereocenters. The smallest absolute Gasteiger partial charge is 0.229 e. The molecule has 162 valence electrons. The van der Waals surface area contributed by atoms with Crippen LogP contribution in [0.15, 0.2) is 83.4 Å². The summed E-state index contributed by atoms with van der Waals surface area (Å²) in [7, 11) is 0. The van der Waals surface area contributed by atoms with Gasteiger partial charge in [0.25, 0.3) is 0 Å². The molecule has 6 heteroatoms. The SMILES string of the molecule is CC(=O)Nc1cccc(C(C)N(Cc2ccccc2)C(=O)Cc2noc3ccccc23)c1. The molecule has 0 spiro atoms. The minimum Gasteiger partial charge on any atom is -0.356 e. The minimum atomic E-state index is -0.213. The Morgan fingerprint density at radius 2 is 1.75 bits per heavy atom. The topological polar surface area (TPSA) is 75.4 Å². The van der Waals surface area contributed by atoms with Crippen molar-refractivity contribution in [3.8, 4) is 0 Å². The Balaban J connectivity index is 1.63. The molecule has 0 aliphatic rings. The first-order chi connectivity index (χ1) is 15.5. The number of para-hydroxylation sites is 1. The summed E-state index contributed by atoms with van der Waals surface area (Å²) in [5.74, 6) is -0.185. The number of hydrogen-bond donors (Lipinski definition) is 1. The van der Waals surface area contributed by atoms with E-state index >= 15 is 0 Å². The standard InChI is InChI=1S/C26H25N3O3/c1-18(21-11-8-12-22(15-21)27-19(2)30)29(17-20-9-4-3-5-10-20)26(31)16-24-23-13-6-7-14-25(23)32-28-24/h3-15,18H,16-17H2,1-2H3,(H,27,30). The van der Waals surface area contributed by atoms with Crippen molar-refractivity contribution in [1.82, 2.24) is 10.1 Å². The number of hydrogen-bond acceptors (Lipinski definition) is 4. The number of nitrogens with one attached hydrogen (secondary N) is 1.